The SMILES string of the molecule is COc1ccc(S(=O)(=O)N2CCC(c3ccc4c(c3)OCO4)C2)cc1C(N)=O. The van der Waals surface area contributed by atoms with Gasteiger partial charge >= 0.3 is 0 Å². The molecule has 148 valence electrons. The van der Waals surface area contributed by atoms with Crippen molar-refractivity contribution in [3.63, 3.8) is 0 Å². The Kier molecular flexibility index (Phi) is 4.64. The number of amides is 1. The number of hydrogen-bond donors (Lipinski definition) is 1. The average Bonchev–Trinajstić information content (AvgIpc) is 3.36. The molecule has 0 bridgehead atoms. The number of benzene rings is 2. The lowest BCUT2D eigenvalue weighted by atomic mass is 9.98. The number of primary amides is 1. The van der Waals surface area contributed by atoms with Crippen molar-refractivity contribution >= 4 is 15.9 Å². The van der Waals surface area contributed by atoms with Gasteiger partial charge in [0.1, 0.15) is 5.75 Å². The van der Waals surface area contributed by atoms with E-state index in [4.69, 9.17) is 19.9 Å². The fourth-order valence-corrected chi connectivity index (χ4v) is 5.10. The number of sulfonamides is 1. The number of hydrogen-bond acceptors (Lipinski definition) is 6. The van der Waals surface area contributed by atoms with E-state index in [9.17, 15) is 13.2 Å². The van der Waals surface area contributed by atoms with E-state index in [-0.39, 0.29) is 28.9 Å². The minimum Gasteiger partial charge on any atom is -0.496 e. The van der Waals surface area contributed by atoms with Crippen LogP contribution in [0.3, 0.4) is 0 Å². The van der Waals surface area contributed by atoms with Crippen LogP contribution in [0, 0.1) is 0 Å². The van der Waals surface area contributed by atoms with Crippen molar-refractivity contribution in [1.82, 2.24) is 4.31 Å². The molecule has 1 atom stereocenters. The van der Waals surface area contributed by atoms with Crippen LogP contribution < -0.4 is 19.9 Å². The van der Waals surface area contributed by atoms with Crippen LogP contribution >= 0.6 is 0 Å². The minimum absolute atomic E-state index is 0.0217. The van der Waals surface area contributed by atoms with Crippen LogP contribution in [-0.2, 0) is 10.0 Å². The maximum atomic E-state index is 13.1. The van der Waals surface area contributed by atoms with E-state index >= 15 is 0 Å². The molecule has 9 heteroatoms. The molecule has 2 aliphatic heterocycles. The highest BCUT2D eigenvalue weighted by Gasteiger charge is 2.34. The maximum Gasteiger partial charge on any atom is 0.252 e. The summed E-state index contributed by atoms with van der Waals surface area (Å²) in [6.07, 6.45) is 0.692. The summed E-state index contributed by atoms with van der Waals surface area (Å²) in [4.78, 5) is 11.6. The quantitative estimate of drug-likeness (QED) is 0.813. The van der Waals surface area contributed by atoms with E-state index in [1.54, 1.807) is 0 Å². The smallest absolute Gasteiger partial charge is 0.252 e. The number of methoxy groups -OCH3 is 1. The molecule has 1 unspecified atom stereocenters. The number of rotatable bonds is 5. The largest absolute Gasteiger partial charge is 0.496 e. The first kappa shape index (κ1) is 18.6. The highest BCUT2D eigenvalue weighted by atomic mass is 32.2. The highest BCUT2D eigenvalue weighted by molar-refractivity contribution is 7.89. The fourth-order valence-electron chi connectivity index (χ4n) is 3.57. The monoisotopic (exact) mass is 404 g/mol. The summed E-state index contributed by atoms with van der Waals surface area (Å²) in [5, 5.41) is 0. The van der Waals surface area contributed by atoms with E-state index < -0.39 is 15.9 Å². The second kappa shape index (κ2) is 6.99. The number of nitrogens with two attached hydrogens (primary N) is 1. The molecule has 2 N–H and O–H groups in total. The van der Waals surface area contributed by atoms with E-state index in [0.29, 0.717) is 31.0 Å². The Balaban J connectivity index is 1.58. The number of ether oxygens (including phenoxy) is 3. The normalized spacial score (nSPS) is 19.0. The van der Waals surface area contributed by atoms with Crippen molar-refractivity contribution in [2.75, 3.05) is 27.0 Å². The summed E-state index contributed by atoms with van der Waals surface area (Å²) >= 11 is 0. The van der Waals surface area contributed by atoms with Gasteiger partial charge in [0.25, 0.3) is 5.91 Å². The summed E-state index contributed by atoms with van der Waals surface area (Å²) in [5.41, 5.74) is 6.39. The summed E-state index contributed by atoms with van der Waals surface area (Å²) in [5.74, 6) is 0.932. The number of carbonyl (C=O) groups excluding carboxylic acids is 1. The Hall–Kier alpha value is -2.78. The van der Waals surface area contributed by atoms with Crippen molar-refractivity contribution in [3.05, 3.63) is 47.5 Å². The number of nitrogens with zero attached hydrogens (tertiary/aromatic N) is 1. The lowest BCUT2D eigenvalue weighted by Gasteiger charge is -2.18. The Labute approximate surface area is 162 Å². The van der Waals surface area contributed by atoms with Crippen LogP contribution in [0.1, 0.15) is 28.3 Å². The molecule has 0 aliphatic carbocycles. The molecule has 2 aromatic carbocycles. The Morgan fingerprint density at radius 3 is 2.71 bits per heavy atom. The van der Waals surface area contributed by atoms with Crippen LogP contribution in [0.2, 0.25) is 0 Å². The molecule has 0 aromatic heterocycles. The van der Waals surface area contributed by atoms with Gasteiger partial charge in [0, 0.05) is 13.1 Å². The van der Waals surface area contributed by atoms with Crippen LogP contribution in [0.5, 0.6) is 17.2 Å². The molecule has 2 heterocycles. The summed E-state index contributed by atoms with van der Waals surface area (Å²) in [6, 6.07) is 9.82. The van der Waals surface area contributed by atoms with Gasteiger partial charge in [0.2, 0.25) is 16.8 Å². The maximum absolute atomic E-state index is 13.1. The topological polar surface area (TPSA) is 108 Å². The third kappa shape index (κ3) is 3.16. The first-order chi connectivity index (χ1) is 13.4. The minimum atomic E-state index is -3.76. The van der Waals surface area contributed by atoms with Crippen molar-refractivity contribution < 1.29 is 27.4 Å². The Morgan fingerprint density at radius 1 is 1.18 bits per heavy atom. The van der Waals surface area contributed by atoms with Crippen molar-refractivity contribution in [1.29, 1.82) is 0 Å². The van der Waals surface area contributed by atoms with Crippen LogP contribution in [0.25, 0.3) is 0 Å². The van der Waals surface area contributed by atoms with Gasteiger partial charge in [-0.3, -0.25) is 4.79 Å². The van der Waals surface area contributed by atoms with Gasteiger partial charge in [-0.15, -0.1) is 0 Å². The first-order valence-electron chi connectivity index (χ1n) is 8.77. The van der Waals surface area contributed by atoms with Gasteiger partial charge in [-0.2, -0.15) is 4.31 Å². The average molecular weight is 404 g/mol. The molecule has 0 radical (unpaired) electrons. The van der Waals surface area contributed by atoms with Crippen LogP contribution in [0.15, 0.2) is 41.3 Å². The Morgan fingerprint density at radius 2 is 1.96 bits per heavy atom. The zero-order chi connectivity index (χ0) is 19.9. The molecule has 1 fully saturated rings. The van der Waals surface area contributed by atoms with E-state index in [2.05, 4.69) is 0 Å². The van der Waals surface area contributed by atoms with E-state index in [1.807, 2.05) is 18.2 Å². The van der Waals surface area contributed by atoms with Crippen molar-refractivity contribution in [2.24, 2.45) is 5.73 Å². The summed E-state index contributed by atoms with van der Waals surface area (Å²) in [6.45, 7) is 0.933. The number of carbonyl (C=O) groups is 1. The second-order valence-electron chi connectivity index (χ2n) is 6.69. The third-order valence-corrected chi connectivity index (χ3v) is 6.95. The zero-order valence-electron chi connectivity index (χ0n) is 15.3. The fraction of sp³-hybridized carbons (Fsp3) is 0.316. The predicted octanol–water partition coefficient (Wildman–Crippen LogP) is 1.70. The lowest BCUT2D eigenvalue weighted by Crippen LogP contribution is -2.29. The molecule has 1 amide bonds. The Bertz CT molecular complexity index is 1040. The van der Waals surface area contributed by atoms with Gasteiger partial charge in [-0.25, -0.2) is 8.42 Å². The zero-order valence-corrected chi connectivity index (χ0v) is 16.1. The second-order valence-corrected chi connectivity index (χ2v) is 8.63. The molecule has 1 saturated heterocycles. The molecular weight excluding hydrogens is 384 g/mol. The van der Waals surface area contributed by atoms with Crippen molar-refractivity contribution in [2.45, 2.75) is 17.2 Å². The van der Waals surface area contributed by atoms with Gasteiger partial charge < -0.3 is 19.9 Å². The van der Waals surface area contributed by atoms with Crippen LogP contribution in [-0.4, -0.2) is 45.6 Å². The standard InChI is InChI=1S/C19H20N2O6S/c1-25-16-5-3-14(9-15(16)19(20)22)28(23,24)21-7-6-13(10-21)12-2-4-17-18(8-12)27-11-26-17/h2-5,8-9,13H,6-7,10-11H2,1H3,(H2,20,22). The highest BCUT2D eigenvalue weighted by Crippen LogP contribution is 2.38. The third-order valence-electron chi connectivity index (χ3n) is 5.09. The summed E-state index contributed by atoms with van der Waals surface area (Å²) in [7, 11) is -2.36. The molecule has 4 rings (SSSR count). The van der Waals surface area contributed by atoms with Gasteiger partial charge in [-0.05, 0) is 48.2 Å². The lowest BCUT2D eigenvalue weighted by molar-refractivity contribution is 0.0997. The molecule has 2 aliphatic rings. The molecule has 0 saturated carbocycles. The van der Waals surface area contributed by atoms with E-state index in [0.717, 1.165) is 5.56 Å². The molecule has 0 spiro atoms. The van der Waals surface area contributed by atoms with Gasteiger partial charge in [-0.1, -0.05) is 6.07 Å². The van der Waals surface area contributed by atoms with Gasteiger partial charge in [0.15, 0.2) is 11.5 Å². The molecule has 8 nitrogen and oxygen atoms in total. The van der Waals surface area contributed by atoms with E-state index in [1.165, 1.54) is 29.6 Å². The summed E-state index contributed by atoms with van der Waals surface area (Å²) < 4.78 is 43.4. The molecule has 28 heavy (non-hydrogen) atoms. The molecule has 2 aromatic rings. The van der Waals surface area contributed by atoms with Crippen molar-refractivity contribution in [3.8, 4) is 17.2 Å². The molecular formula is C19H20N2O6S. The number of fused-ring (bicyclic) bond motifs is 1. The van der Waals surface area contributed by atoms with Crippen LogP contribution in [0.4, 0.5) is 0 Å². The predicted molar refractivity (Wildman–Crippen MR) is 100 cm³/mol. The van der Waals surface area contributed by atoms with Gasteiger partial charge in [0.05, 0.1) is 17.6 Å². The first-order valence-corrected chi connectivity index (χ1v) is 10.2.